The van der Waals surface area contributed by atoms with Gasteiger partial charge in [0.15, 0.2) is 0 Å². The van der Waals surface area contributed by atoms with E-state index in [1.165, 1.54) is 0 Å². The summed E-state index contributed by atoms with van der Waals surface area (Å²) >= 11 is 3.30. The van der Waals surface area contributed by atoms with Crippen molar-refractivity contribution in [2.75, 3.05) is 11.1 Å². The van der Waals surface area contributed by atoms with Crippen LogP contribution < -0.4 is 11.1 Å². The molecule has 3 N–H and O–H groups in total. The summed E-state index contributed by atoms with van der Waals surface area (Å²) in [5.74, 6) is -0.906. The molecule has 0 saturated carbocycles. The predicted molar refractivity (Wildman–Crippen MR) is 72.2 cm³/mol. The summed E-state index contributed by atoms with van der Waals surface area (Å²) in [5, 5.41) is 2.97. The minimum atomic E-state index is -0.461. The number of hydrogen-bond acceptors (Lipinski definition) is 2. The summed E-state index contributed by atoms with van der Waals surface area (Å²) < 4.78 is 27.2. The van der Waals surface area contributed by atoms with Crippen molar-refractivity contribution < 1.29 is 8.78 Å². The number of nitrogen functional groups attached to an aromatic ring is 1. The van der Waals surface area contributed by atoms with Gasteiger partial charge in [0.05, 0.1) is 11.4 Å². The molecule has 0 aliphatic heterocycles. The van der Waals surface area contributed by atoms with Crippen molar-refractivity contribution in [2.24, 2.45) is 0 Å². The molecule has 0 fully saturated rings. The first kappa shape index (κ1) is 12.8. The molecule has 0 aliphatic rings. The molecule has 2 nitrogen and oxygen atoms in total. The lowest BCUT2D eigenvalue weighted by atomic mass is 10.2. The number of rotatable bonds is 3. The quantitative estimate of drug-likeness (QED) is 0.843. The maximum atomic E-state index is 13.4. The Morgan fingerprint density at radius 3 is 2.61 bits per heavy atom. The van der Waals surface area contributed by atoms with Gasteiger partial charge in [0.2, 0.25) is 0 Å². The van der Waals surface area contributed by atoms with Crippen LogP contribution in [0.3, 0.4) is 0 Å². The zero-order chi connectivity index (χ0) is 13.1. The Balaban J connectivity index is 2.13. The van der Waals surface area contributed by atoms with Crippen molar-refractivity contribution in [1.82, 2.24) is 0 Å². The number of hydrogen-bond donors (Lipinski definition) is 2. The highest BCUT2D eigenvalue weighted by molar-refractivity contribution is 9.10. The van der Waals surface area contributed by atoms with E-state index in [2.05, 4.69) is 21.2 Å². The second-order valence-corrected chi connectivity index (χ2v) is 4.74. The summed E-state index contributed by atoms with van der Waals surface area (Å²) in [6.07, 6.45) is 0. The zero-order valence-electron chi connectivity index (χ0n) is 9.38. The van der Waals surface area contributed by atoms with Crippen molar-refractivity contribution in [2.45, 2.75) is 6.54 Å². The normalized spacial score (nSPS) is 10.4. The lowest BCUT2D eigenvalue weighted by molar-refractivity contribution is 0.587. The van der Waals surface area contributed by atoms with Crippen LogP contribution in [0.5, 0.6) is 0 Å². The largest absolute Gasteiger partial charge is 0.397 e. The minimum Gasteiger partial charge on any atom is -0.397 e. The molecule has 0 aliphatic carbocycles. The standard InChI is InChI=1S/C13H11BrF2N2/c14-9-1-4-13(12(17)6-9)18-7-8-5-10(15)2-3-11(8)16/h1-6,18H,7,17H2. The lowest BCUT2D eigenvalue weighted by Crippen LogP contribution is -2.04. The molecule has 0 bridgehead atoms. The third-order valence-corrected chi connectivity index (χ3v) is 2.98. The predicted octanol–water partition coefficient (Wildman–Crippen LogP) is 3.92. The fourth-order valence-electron chi connectivity index (χ4n) is 1.56. The van der Waals surface area contributed by atoms with Crippen LogP contribution in [0.15, 0.2) is 40.9 Å². The fourth-order valence-corrected chi connectivity index (χ4v) is 1.94. The van der Waals surface area contributed by atoms with Gasteiger partial charge in [-0.1, -0.05) is 15.9 Å². The van der Waals surface area contributed by atoms with E-state index in [0.717, 1.165) is 22.7 Å². The number of halogens is 3. The first-order valence-electron chi connectivity index (χ1n) is 5.29. The SMILES string of the molecule is Nc1cc(Br)ccc1NCc1cc(F)ccc1F. The monoisotopic (exact) mass is 312 g/mol. The number of anilines is 2. The smallest absolute Gasteiger partial charge is 0.128 e. The molecular weight excluding hydrogens is 302 g/mol. The first-order chi connectivity index (χ1) is 8.56. The van der Waals surface area contributed by atoms with Crippen LogP contribution in [-0.2, 0) is 6.54 Å². The molecule has 0 radical (unpaired) electrons. The molecule has 0 aromatic heterocycles. The average molecular weight is 313 g/mol. The van der Waals surface area contributed by atoms with Gasteiger partial charge >= 0.3 is 0 Å². The molecule has 0 heterocycles. The van der Waals surface area contributed by atoms with Crippen molar-refractivity contribution >= 4 is 27.3 Å². The van der Waals surface area contributed by atoms with Crippen LogP contribution in [0.25, 0.3) is 0 Å². The average Bonchev–Trinajstić information content (AvgIpc) is 2.32. The molecule has 0 spiro atoms. The number of nitrogens with one attached hydrogen (secondary N) is 1. The summed E-state index contributed by atoms with van der Waals surface area (Å²) in [5.41, 5.74) is 7.28. The summed E-state index contributed by atoms with van der Waals surface area (Å²) in [4.78, 5) is 0. The van der Waals surface area contributed by atoms with Crippen molar-refractivity contribution in [1.29, 1.82) is 0 Å². The summed E-state index contributed by atoms with van der Waals surface area (Å²) in [6.45, 7) is 0.176. The number of nitrogens with two attached hydrogens (primary N) is 1. The highest BCUT2D eigenvalue weighted by Gasteiger charge is 2.05. The van der Waals surface area contributed by atoms with Gasteiger partial charge in [-0.15, -0.1) is 0 Å². The molecule has 0 amide bonds. The number of benzene rings is 2. The molecule has 18 heavy (non-hydrogen) atoms. The Morgan fingerprint density at radius 2 is 1.89 bits per heavy atom. The maximum absolute atomic E-state index is 13.4. The van der Waals surface area contributed by atoms with Gasteiger partial charge in [-0.3, -0.25) is 0 Å². The molecule has 5 heteroatoms. The Kier molecular flexibility index (Phi) is 3.81. The van der Waals surface area contributed by atoms with E-state index in [1.54, 1.807) is 12.1 Å². The second kappa shape index (κ2) is 5.35. The third-order valence-electron chi connectivity index (χ3n) is 2.49. The molecule has 2 aromatic rings. The highest BCUT2D eigenvalue weighted by atomic mass is 79.9. The maximum Gasteiger partial charge on any atom is 0.128 e. The molecule has 2 aromatic carbocycles. The first-order valence-corrected chi connectivity index (χ1v) is 6.08. The van der Waals surface area contributed by atoms with Crippen LogP contribution in [-0.4, -0.2) is 0 Å². The Hall–Kier alpha value is -1.62. The fraction of sp³-hybridized carbons (Fsp3) is 0.0769. The van der Waals surface area contributed by atoms with Gasteiger partial charge in [0.25, 0.3) is 0 Å². The molecule has 0 atom stereocenters. The van der Waals surface area contributed by atoms with E-state index < -0.39 is 11.6 Å². The Morgan fingerprint density at radius 1 is 1.11 bits per heavy atom. The van der Waals surface area contributed by atoms with E-state index in [9.17, 15) is 8.78 Å². The highest BCUT2D eigenvalue weighted by Crippen LogP contribution is 2.23. The van der Waals surface area contributed by atoms with Gasteiger partial charge in [0, 0.05) is 16.6 Å². The molecule has 0 saturated heterocycles. The van der Waals surface area contributed by atoms with Crippen LogP contribution in [0.2, 0.25) is 0 Å². The van der Waals surface area contributed by atoms with Crippen molar-refractivity contribution in [3.05, 3.63) is 58.1 Å². The Labute approximate surface area is 112 Å². The van der Waals surface area contributed by atoms with Crippen molar-refractivity contribution in [3.63, 3.8) is 0 Å². The van der Waals surface area contributed by atoms with E-state index in [4.69, 9.17) is 5.73 Å². The van der Waals surface area contributed by atoms with Gasteiger partial charge < -0.3 is 11.1 Å². The van der Waals surface area contributed by atoms with Gasteiger partial charge in [-0.05, 0) is 36.4 Å². The topological polar surface area (TPSA) is 38.0 Å². The summed E-state index contributed by atoms with van der Waals surface area (Å²) in [6, 6.07) is 8.70. The Bertz CT molecular complexity index is 573. The molecule has 0 unspecified atom stereocenters. The molecule has 94 valence electrons. The minimum absolute atomic E-state index is 0.176. The van der Waals surface area contributed by atoms with Gasteiger partial charge in [0.1, 0.15) is 11.6 Å². The molecular formula is C13H11BrF2N2. The van der Waals surface area contributed by atoms with E-state index in [0.29, 0.717) is 11.4 Å². The van der Waals surface area contributed by atoms with Crippen molar-refractivity contribution in [3.8, 4) is 0 Å². The third kappa shape index (κ3) is 2.98. The van der Waals surface area contributed by atoms with E-state index in [-0.39, 0.29) is 12.1 Å². The van der Waals surface area contributed by atoms with Gasteiger partial charge in [-0.2, -0.15) is 0 Å². The lowest BCUT2D eigenvalue weighted by Gasteiger charge is -2.10. The van der Waals surface area contributed by atoms with E-state index >= 15 is 0 Å². The second-order valence-electron chi connectivity index (χ2n) is 3.82. The van der Waals surface area contributed by atoms with E-state index in [1.807, 2.05) is 6.07 Å². The van der Waals surface area contributed by atoms with Crippen LogP contribution in [0, 0.1) is 11.6 Å². The van der Waals surface area contributed by atoms with Crippen LogP contribution in [0.4, 0.5) is 20.2 Å². The summed E-state index contributed by atoms with van der Waals surface area (Å²) in [7, 11) is 0. The van der Waals surface area contributed by atoms with Crippen LogP contribution >= 0.6 is 15.9 Å². The van der Waals surface area contributed by atoms with Crippen LogP contribution in [0.1, 0.15) is 5.56 Å². The zero-order valence-corrected chi connectivity index (χ0v) is 11.0. The van der Waals surface area contributed by atoms with Gasteiger partial charge in [-0.25, -0.2) is 8.78 Å². The molecule has 2 rings (SSSR count).